The highest BCUT2D eigenvalue weighted by atomic mass is 35.5. The monoisotopic (exact) mass is 322 g/mol. The maximum atomic E-state index is 12.8. The number of nitrogens with two attached hydrogens (primary N) is 1. The molecular weight excluding hydrogens is 308 g/mol. The predicted octanol–water partition coefficient (Wildman–Crippen LogP) is 2.98. The second kappa shape index (κ2) is 4.93. The molecule has 2 aromatic rings. The Labute approximate surface area is 129 Å². The second-order valence-electron chi connectivity index (χ2n) is 5.08. The topological polar surface area (TPSA) is 63.4 Å². The van der Waals surface area contributed by atoms with Crippen molar-refractivity contribution in [2.45, 2.75) is 18.2 Å². The van der Waals surface area contributed by atoms with Crippen molar-refractivity contribution in [3.8, 4) is 0 Å². The van der Waals surface area contributed by atoms with Crippen molar-refractivity contribution in [1.29, 1.82) is 0 Å². The van der Waals surface area contributed by atoms with Crippen LogP contribution in [0, 0.1) is 6.92 Å². The summed E-state index contributed by atoms with van der Waals surface area (Å²) in [6.07, 6.45) is 0.713. The molecule has 1 aliphatic heterocycles. The van der Waals surface area contributed by atoms with E-state index in [4.69, 9.17) is 17.3 Å². The van der Waals surface area contributed by atoms with Crippen LogP contribution in [0.25, 0.3) is 0 Å². The van der Waals surface area contributed by atoms with Gasteiger partial charge < -0.3 is 5.73 Å². The number of nitrogen functional groups attached to an aromatic ring is 1. The third-order valence-corrected chi connectivity index (χ3v) is 5.97. The minimum Gasteiger partial charge on any atom is -0.398 e. The van der Waals surface area contributed by atoms with Crippen LogP contribution in [0.4, 0.5) is 11.4 Å². The smallest absolute Gasteiger partial charge is 0.264 e. The third kappa shape index (κ3) is 2.26. The molecule has 0 aliphatic carbocycles. The molecule has 0 amide bonds. The Morgan fingerprint density at radius 2 is 1.95 bits per heavy atom. The molecule has 0 saturated carbocycles. The normalized spacial score (nSPS) is 14.3. The number of nitrogens with zero attached hydrogens (tertiary/aromatic N) is 1. The summed E-state index contributed by atoms with van der Waals surface area (Å²) in [5.41, 5.74) is 8.68. The number of halogens is 1. The molecule has 2 aromatic carbocycles. The molecule has 21 heavy (non-hydrogen) atoms. The van der Waals surface area contributed by atoms with E-state index in [9.17, 15) is 8.42 Å². The molecule has 0 spiro atoms. The fourth-order valence-corrected chi connectivity index (χ4v) is 4.37. The van der Waals surface area contributed by atoms with Crippen LogP contribution >= 0.6 is 11.6 Å². The summed E-state index contributed by atoms with van der Waals surface area (Å²) < 4.78 is 27.1. The Hall–Kier alpha value is -1.72. The zero-order chi connectivity index (χ0) is 15.2. The van der Waals surface area contributed by atoms with Crippen molar-refractivity contribution in [1.82, 2.24) is 0 Å². The number of hydrogen-bond donors (Lipinski definition) is 1. The van der Waals surface area contributed by atoms with E-state index in [1.54, 1.807) is 6.92 Å². The van der Waals surface area contributed by atoms with Crippen molar-refractivity contribution in [3.63, 3.8) is 0 Å². The molecule has 1 heterocycles. The van der Waals surface area contributed by atoms with Crippen molar-refractivity contribution >= 4 is 33.0 Å². The first-order valence-electron chi connectivity index (χ1n) is 6.57. The van der Waals surface area contributed by atoms with Crippen LogP contribution in [0.5, 0.6) is 0 Å². The zero-order valence-corrected chi connectivity index (χ0v) is 13.1. The highest BCUT2D eigenvalue weighted by molar-refractivity contribution is 7.92. The summed E-state index contributed by atoms with van der Waals surface area (Å²) in [5, 5.41) is 0.362. The Balaban J connectivity index is 2.11. The van der Waals surface area contributed by atoms with Crippen LogP contribution in [0.15, 0.2) is 41.3 Å². The van der Waals surface area contributed by atoms with Crippen LogP contribution < -0.4 is 10.0 Å². The van der Waals surface area contributed by atoms with E-state index < -0.39 is 10.0 Å². The van der Waals surface area contributed by atoms with Crippen molar-refractivity contribution < 1.29 is 8.42 Å². The molecule has 0 unspecified atom stereocenters. The molecule has 0 bridgehead atoms. The lowest BCUT2D eigenvalue weighted by Gasteiger charge is -2.20. The predicted molar refractivity (Wildman–Crippen MR) is 85.3 cm³/mol. The van der Waals surface area contributed by atoms with Crippen LogP contribution in [-0.4, -0.2) is 15.0 Å². The highest BCUT2D eigenvalue weighted by Gasteiger charge is 2.31. The van der Waals surface area contributed by atoms with Gasteiger partial charge in [0.15, 0.2) is 0 Å². The number of benzene rings is 2. The molecule has 110 valence electrons. The number of fused-ring (bicyclic) bond motifs is 1. The molecule has 0 fully saturated rings. The molecule has 1 aliphatic rings. The van der Waals surface area contributed by atoms with E-state index in [1.165, 1.54) is 16.4 Å². The summed E-state index contributed by atoms with van der Waals surface area (Å²) in [5.74, 6) is 0. The molecule has 3 rings (SSSR count). The first kappa shape index (κ1) is 14.2. The molecule has 0 saturated heterocycles. The molecule has 2 N–H and O–H groups in total. The summed E-state index contributed by atoms with van der Waals surface area (Å²) in [6.45, 7) is 2.20. The van der Waals surface area contributed by atoms with Gasteiger partial charge in [-0.05, 0) is 42.7 Å². The van der Waals surface area contributed by atoms with Gasteiger partial charge in [0, 0.05) is 17.3 Å². The largest absolute Gasteiger partial charge is 0.398 e. The molecule has 6 heteroatoms. The van der Waals surface area contributed by atoms with E-state index in [-0.39, 0.29) is 4.90 Å². The van der Waals surface area contributed by atoms with Gasteiger partial charge in [-0.2, -0.15) is 0 Å². The van der Waals surface area contributed by atoms with Crippen LogP contribution in [0.3, 0.4) is 0 Å². The first-order chi connectivity index (χ1) is 9.91. The van der Waals surface area contributed by atoms with E-state index >= 15 is 0 Å². The number of para-hydroxylation sites is 1. The molecule has 0 atom stereocenters. The van der Waals surface area contributed by atoms with Crippen LogP contribution in [0.1, 0.15) is 11.1 Å². The second-order valence-corrected chi connectivity index (χ2v) is 7.34. The van der Waals surface area contributed by atoms with Gasteiger partial charge in [-0.3, -0.25) is 4.31 Å². The lowest BCUT2D eigenvalue weighted by molar-refractivity contribution is 0.592. The van der Waals surface area contributed by atoms with Gasteiger partial charge >= 0.3 is 0 Å². The minimum absolute atomic E-state index is 0.132. The van der Waals surface area contributed by atoms with Gasteiger partial charge in [-0.25, -0.2) is 8.42 Å². The molecule has 0 radical (unpaired) electrons. The third-order valence-electron chi connectivity index (χ3n) is 3.79. The van der Waals surface area contributed by atoms with E-state index in [1.807, 2.05) is 24.3 Å². The van der Waals surface area contributed by atoms with Gasteiger partial charge in [0.25, 0.3) is 10.0 Å². The Bertz CT molecular complexity index is 795. The number of hydrogen-bond acceptors (Lipinski definition) is 3. The number of sulfonamides is 1. The standard InChI is InChI=1S/C15H15ClN2O2S/c1-10-13(16)8-12(9-14(10)17)21(19,20)18-7-6-11-4-2-3-5-15(11)18/h2-5,8-9H,6-7,17H2,1H3. The van der Waals surface area contributed by atoms with E-state index in [2.05, 4.69) is 0 Å². The average Bonchev–Trinajstić information content (AvgIpc) is 2.88. The molecule has 0 aromatic heterocycles. The molecular formula is C15H15ClN2O2S. The Kier molecular flexibility index (Phi) is 3.34. The van der Waals surface area contributed by atoms with Gasteiger partial charge in [0.1, 0.15) is 0 Å². The summed E-state index contributed by atoms with van der Waals surface area (Å²) in [7, 11) is -3.64. The van der Waals surface area contributed by atoms with Crippen molar-refractivity contribution in [2.24, 2.45) is 0 Å². The summed E-state index contributed by atoms with van der Waals surface area (Å²) in [4.78, 5) is 0.132. The summed E-state index contributed by atoms with van der Waals surface area (Å²) in [6, 6.07) is 10.4. The van der Waals surface area contributed by atoms with Gasteiger partial charge in [-0.15, -0.1) is 0 Å². The number of anilines is 2. The van der Waals surface area contributed by atoms with Crippen molar-refractivity contribution in [3.05, 3.63) is 52.5 Å². The highest BCUT2D eigenvalue weighted by Crippen LogP contribution is 2.34. The van der Waals surface area contributed by atoms with Crippen LogP contribution in [-0.2, 0) is 16.4 Å². The van der Waals surface area contributed by atoms with Crippen molar-refractivity contribution in [2.75, 3.05) is 16.6 Å². The maximum Gasteiger partial charge on any atom is 0.264 e. The van der Waals surface area contributed by atoms with Gasteiger partial charge in [-0.1, -0.05) is 29.8 Å². The molecule has 4 nitrogen and oxygen atoms in total. The fourth-order valence-electron chi connectivity index (χ4n) is 2.51. The lowest BCUT2D eigenvalue weighted by Crippen LogP contribution is -2.29. The summed E-state index contributed by atoms with van der Waals surface area (Å²) >= 11 is 6.07. The van der Waals surface area contributed by atoms with Gasteiger partial charge in [0.2, 0.25) is 0 Å². The average molecular weight is 323 g/mol. The minimum atomic E-state index is -3.64. The SMILES string of the molecule is Cc1c(N)cc(S(=O)(=O)N2CCc3ccccc32)cc1Cl. The number of rotatable bonds is 2. The maximum absolute atomic E-state index is 12.8. The fraction of sp³-hybridized carbons (Fsp3) is 0.200. The van der Waals surface area contributed by atoms with Gasteiger partial charge in [0.05, 0.1) is 10.6 Å². The lowest BCUT2D eigenvalue weighted by atomic mass is 10.2. The zero-order valence-electron chi connectivity index (χ0n) is 11.5. The Morgan fingerprint density at radius 1 is 1.24 bits per heavy atom. The Morgan fingerprint density at radius 3 is 2.67 bits per heavy atom. The quantitative estimate of drug-likeness (QED) is 0.864. The van der Waals surface area contributed by atoms with E-state index in [0.717, 1.165) is 11.3 Å². The van der Waals surface area contributed by atoms with Crippen LogP contribution in [0.2, 0.25) is 5.02 Å². The first-order valence-corrected chi connectivity index (χ1v) is 8.39. The van der Waals surface area contributed by atoms with E-state index in [0.29, 0.717) is 29.2 Å².